The van der Waals surface area contributed by atoms with Gasteiger partial charge in [-0.2, -0.15) is 0 Å². The van der Waals surface area contributed by atoms with Crippen molar-refractivity contribution in [1.29, 1.82) is 0 Å². The number of esters is 1. The van der Waals surface area contributed by atoms with E-state index in [4.69, 9.17) is 4.74 Å². The third-order valence-electron chi connectivity index (χ3n) is 4.34. The summed E-state index contributed by atoms with van der Waals surface area (Å²) < 4.78 is 5.38. The van der Waals surface area contributed by atoms with Crippen molar-refractivity contribution in [3.05, 3.63) is 65.7 Å². The SMILES string of the molecule is CC(CC(C)C(=O)N(C)C)C(=O)Oc1ccc(C(=O)c2ccccc2)cc1. The minimum absolute atomic E-state index is 0.0153. The third-order valence-corrected chi connectivity index (χ3v) is 4.34. The molecular weight excluding hydrogens is 342 g/mol. The van der Waals surface area contributed by atoms with Crippen LogP contribution in [0.3, 0.4) is 0 Å². The predicted octanol–water partition coefficient (Wildman–Crippen LogP) is 3.57. The molecule has 2 atom stereocenters. The van der Waals surface area contributed by atoms with Crippen molar-refractivity contribution >= 4 is 17.7 Å². The first kappa shape index (κ1) is 20.4. The van der Waals surface area contributed by atoms with E-state index in [1.54, 1.807) is 64.3 Å². The molecule has 0 radical (unpaired) electrons. The van der Waals surface area contributed by atoms with Crippen LogP contribution in [0.1, 0.15) is 36.2 Å². The molecule has 1 amide bonds. The van der Waals surface area contributed by atoms with Crippen LogP contribution in [-0.4, -0.2) is 36.7 Å². The summed E-state index contributed by atoms with van der Waals surface area (Å²) in [5.41, 5.74) is 1.13. The van der Waals surface area contributed by atoms with Gasteiger partial charge in [0.05, 0.1) is 5.92 Å². The highest BCUT2D eigenvalue weighted by Gasteiger charge is 2.23. The van der Waals surface area contributed by atoms with Crippen molar-refractivity contribution in [3.63, 3.8) is 0 Å². The fourth-order valence-corrected chi connectivity index (χ4v) is 2.82. The fourth-order valence-electron chi connectivity index (χ4n) is 2.82. The van der Waals surface area contributed by atoms with E-state index in [1.165, 1.54) is 4.90 Å². The monoisotopic (exact) mass is 367 g/mol. The molecule has 0 fully saturated rings. The van der Waals surface area contributed by atoms with Gasteiger partial charge in [0.15, 0.2) is 5.78 Å². The summed E-state index contributed by atoms with van der Waals surface area (Å²) in [6.07, 6.45) is 0.417. The average molecular weight is 367 g/mol. The molecule has 2 aromatic carbocycles. The Bertz CT molecular complexity index is 797. The number of benzene rings is 2. The summed E-state index contributed by atoms with van der Waals surface area (Å²) in [6.45, 7) is 3.55. The Balaban J connectivity index is 1.96. The maximum absolute atomic E-state index is 12.4. The number of amides is 1. The number of hydrogen-bond acceptors (Lipinski definition) is 4. The van der Waals surface area contributed by atoms with Crippen LogP contribution in [0.15, 0.2) is 54.6 Å². The number of nitrogens with zero attached hydrogens (tertiary/aromatic N) is 1. The summed E-state index contributed by atoms with van der Waals surface area (Å²) in [5, 5.41) is 0. The van der Waals surface area contributed by atoms with E-state index >= 15 is 0 Å². The normalized spacial score (nSPS) is 12.7. The lowest BCUT2D eigenvalue weighted by Gasteiger charge is -2.19. The second kappa shape index (κ2) is 9.12. The van der Waals surface area contributed by atoms with Crippen molar-refractivity contribution in [2.24, 2.45) is 11.8 Å². The van der Waals surface area contributed by atoms with E-state index in [-0.39, 0.29) is 17.6 Å². The smallest absolute Gasteiger partial charge is 0.314 e. The molecule has 0 aliphatic heterocycles. The molecule has 5 nitrogen and oxygen atoms in total. The first-order chi connectivity index (χ1) is 12.8. The van der Waals surface area contributed by atoms with Crippen LogP contribution in [0.4, 0.5) is 0 Å². The third kappa shape index (κ3) is 5.51. The Morgan fingerprint density at radius 2 is 1.41 bits per heavy atom. The van der Waals surface area contributed by atoms with Gasteiger partial charge in [0, 0.05) is 31.1 Å². The zero-order chi connectivity index (χ0) is 20.0. The molecule has 2 rings (SSSR count). The Hall–Kier alpha value is -2.95. The number of ether oxygens (including phenoxy) is 1. The minimum Gasteiger partial charge on any atom is -0.426 e. The fraction of sp³-hybridized carbons (Fsp3) is 0.318. The Morgan fingerprint density at radius 3 is 1.96 bits per heavy atom. The average Bonchev–Trinajstić information content (AvgIpc) is 2.67. The summed E-state index contributed by atoms with van der Waals surface area (Å²) in [6, 6.07) is 15.5. The first-order valence-electron chi connectivity index (χ1n) is 8.92. The van der Waals surface area contributed by atoms with Gasteiger partial charge in [0.25, 0.3) is 0 Å². The highest BCUT2D eigenvalue weighted by Crippen LogP contribution is 2.19. The maximum atomic E-state index is 12.4. The van der Waals surface area contributed by atoms with E-state index in [9.17, 15) is 14.4 Å². The molecule has 2 unspecified atom stereocenters. The number of ketones is 1. The topological polar surface area (TPSA) is 63.7 Å². The summed E-state index contributed by atoms with van der Waals surface area (Å²) in [5.74, 6) is -0.780. The van der Waals surface area contributed by atoms with Gasteiger partial charge < -0.3 is 9.64 Å². The van der Waals surface area contributed by atoms with Crippen molar-refractivity contribution in [2.45, 2.75) is 20.3 Å². The summed E-state index contributed by atoms with van der Waals surface area (Å²) >= 11 is 0. The molecule has 0 saturated heterocycles. The highest BCUT2D eigenvalue weighted by molar-refractivity contribution is 6.09. The van der Waals surface area contributed by atoms with Crippen molar-refractivity contribution < 1.29 is 19.1 Å². The van der Waals surface area contributed by atoms with E-state index in [0.717, 1.165) is 0 Å². The lowest BCUT2D eigenvalue weighted by molar-refractivity contribution is -0.140. The molecule has 0 saturated carbocycles. The highest BCUT2D eigenvalue weighted by atomic mass is 16.5. The standard InChI is InChI=1S/C22H25NO4/c1-15(21(25)23(3)4)14-16(2)22(26)27-19-12-10-18(11-13-19)20(24)17-8-6-5-7-9-17/h5-13,15-16H,14H2,1-4H3. The van der Waals surface area contributed by atoms with Crippen LogP contribution in [-0.2, 0) is 9.59 Å². The van der Waals surface area contributed by atoms with Gasteiger partial charge in [-0.15, -0.1) is 0 Å². The van der Waals surface area contributed by atoms with Crippen molar-refractivity contribution in [1.82, 2.24) is 4.90 Å². The summed E-state index contributed by atoms with van der Waals surface area (Å²) in [4.78, 5) is 38.1. The molecule has 0 aliphatic rings. The van der Waals surface area contributed by atoms with E-state index in [2.05, 4.69) is 0 Å². The van der Waals surface area contributed by atoms with Crippen LogP contribution in [0, 0.1) is 11.8 Å². The van der Waals surface area contributed by atoms with Gasteiger partial charge in [-0.1, -0.05) is 44.2 Å². The number of hydrogen-bond donors (Lipinski definition) is 0. The maximum Gasteiger partial charge on any atom is 0.314 e. The Kier molecular flexibility index (Phi) is 6.88. The summed E-state index contributed by atoms with van der Waals surface area (Å²) in [7, 11) is 3.39. The molecular formula is C22H25NO4. The zero-order valence-electron chi connectivity index (χ0n) is 16.1. The first-order valence-corrected chi connectivity index (χ1v) is 8.92. The molecule has 5 heteroatoms. The molecule has 142 valence electrons. The molecule has 0 N–H and O–H groups in total. The van der Waals surface area contributed by atoms with Crippen molar-refractivity contribution in [3.8, 4) is 5.75 Å². The molecule has 27 heavy (non-hydrogen) atoms. The van der Waals surface area contributed by atoms with Crippen LogP contribution in [0.2, 0.25) is 0 Å². The Labute approximate surface area is 159 Å². The predicted molar refractivity (Wildman–Crippen MR) is 104 cm³/mol. The van der Waals surface area contributed by atoms with E-state index < -0.39 is 11.9 Å². The zero-order valence-corrected chi connectivity index (χ0v) is 16.1. The molecule has 0 aliphatic carbocycles. The molecule has 0 aromatic heterocycles. The van der Waals surface area contributed by atoms with Crippen LogP contribution >= 0.6 is 0 Å². The van der Waals surface area contributed by atoms with Crippen LogP contribution in [0.5, 0.6) is 5.75 Å². The number of rotatable bonds is 7. The van der Waals surface area contributed by atoms with Gasteiger partial charge in [-0.25, -0.2) is 0 Å². The van der Waals surface area contributed by atoms with E-state index in [0.29, 0.717) is 23.3 Å². The van der Waals surface area contributed by atoms with Crippen molar-refractivity contribution in [2.75, 3.05) is 14.1 Å². The lowest BCUT2D eigenvalue weighted by atomic mass is 9.96. The second-order valence-corrected chi connectivity index (χ2v) is 6.91. The minimum atomic E-state index is -0.408. The van der Waals surface area contributed by atoms with Gasteiger partial charge in [-0.3, -0.25) is 14.4 Å². The van der Waals surface area contributed by atoms with Gasteiger partial charge in [0.2, 0.25) is 5.91 Å². The number of carbonyl (C=O) groups excluding carboxylic acids is 3. The second-order valence-electron chi connectivity index (χ2n) is 6.91. The van der Waals surface area contributed by atoms with Crippen LogP contribution in [0.25, 0.3) is 0 Å². The van der Waals surface area contributed by atoms with Gasteiger partial charge in [-0.05, 0) is 30.7 Å². The largest absolute Gasteiger partial charge is 0.426 e. The van der Waals surface area contributed by atoms with Gasteiger partial charge >= 0.3 is 5.97 Å². The molecule has 2 aromatic rings. The Morgan fingerprint density at radius 1 is 0.852 bits per heavy atom. The lowest BCUT2D eigenvalue weighted by Crippen LogP contribution is -2.31. The van der Waals surface area contributed by atoms with E-state index in [1.807, 2.05) is 18.2 Å². The van der Waals surface area contributed by atoms with Crippen LogP contribution < -0.4 is 4.74 Å². The number of carbonyl (C=O) groups is 3. The van der Waals surface area contributed by atoms with Gasteiger partial charge in [0.1, 0.15) is 5.75 Å². The quantitative estimate of drug-likeness (QED) is 0.426. The molecule has 0 bridgehead atoms. The molecule has 0 heterocycles. The molecule has 0 spiro atoms.